The molecule has 0 bridgehead atoms. The first-order valence-corrected chi connectivity index (χ1v) is 5.71. The molecule has 15 heavy (non-hydrogen) atoms. The van der Waals surface area contributed by atoms with E-state index in [-0.39, 0.29) is 11.2 Å². The fourth-order valence-corrected chi connectivity index (χ4v) is 1.24. The van der Waals surface area contributed by atoms with Crippen LogP contribution < -0.4 is 0 Å². The Morgan fingerprint density at radius 2 is 1.93 bits per heavy atom. The Hall–Kier alpha value is -0.220. The third-order valence-electron chi connectivity index (χ3n) is 2.44. The van der Waals surface area contributed by atoms with Crippen LogP contribution in [0.5, 0.6) is 0 Å². The van der Waals surface area contributed by atoms with Gasteiger partial charge in [-0.25, -0.2) is 0 Å². The van der Waals surface area contributed by atoms with E-state index >= 15 is 0 Å². The molecular weight excluding hydrogens is 212 g/mol. The van der Waals surface area contributed by atoms with Crippen molar-refractivity contribution in [2.45, 2.75) is 57.3 Å². The van der Waals surface area contributed by atoms with Gasteiger partial charge in [0.1, 0.15) is 0 Å². The molecule has 0 aliphatic carbocycles. The summed E-state index contributed by atoms with van der Waals surface area (Å²) < 4.78 is 5.56. The third-order valence-corrected chi connectivity index (χ3v) is 2.66. The van der Waals surface area contributed by atoms with Crippen LogP contribution in [0.2, 0.25) is 0 Å². The van der Waals surface area contributed by atoms with Gasteiger partial charge in [-0.1, -0.05) is 20.8 Å². The number of thiol groups is 1. The number of hydrogen-bond donors (Lipinski definition) is 2. The van der Waals surface area contributed by atoms with Gasteiger partial charge in [0.05, 0.1) is 12.0 Å². The van der Waals surface area contributed by atoms with Gasteiger partial charge in [0, 0.05) is 11.4 Å². The molecule has 0 saturated carbocycles. The summed E-state index contributed by atoms with van der Waals surface area (Å²) in [5.41, 5.74) is -0.551. The summed E-state index contributed by atoms with van der Waals surface area (Å²) in [6, 6.07) is 0. The van der Waals surface area contributed by atoms with Crippen molar-refractivity contribution < 1.29 is 14.6 Å². The van der Waals surface area contributed by atoms with Crippen molar-refractivity contribution in [3.8, 4) is 0 Å². The summed E-state index contributed by atoms with van der Waals surface area (Å²) in [6.45, 7) is 8.36. The van der Waals surface area contributed by atoms with Crippen molar-refractivity contribution in [3.05, 3.63) is 0 Å². The van der Waals surface area contributed by atoms with Gasteiger partial charge in [-0.2, -0.15) is 12.6 Å². The minimum atomic E-state index is -0.815. The van der Waals surface area contributed by atoms with Crippen molar-refractivity contribution in [1.29, 1.82) is 0 Å². The summed E-state index contributed by atoms with van der Waals surface area (Å²) in [5, 5.41) is 8.74. The van der Waals surface area contributed by atoms with Crippen molar-refractivity contribution in [2.75, 3.05) is 6.61 Å². The van der Waals surface area contributed by atoms with Gasteiger partial charge in [0.25, 0.3) is 0 Å². The molecule has 0 spiro atoms. The van der Waals surface area contributed by atoms with E-state index in [2.05, 4.69) is 12.6 Å². The smallest absolute Gasteiger partial charge is 0.306 e. The summed E-state index contributed by atoms with van der Waals surface area (Å²) in [6.07, 6.45) is 1.56. The predicted molar refractivity (Wildman–Crippen MR) is 64.6 cm³/mol. The average molecular weight is 234 g/mol. The highest BCUT2D eigenvalue weighted by Gasteiger charge is 2.26. The van der Waals surface area contributed by atoms with Crippen LogP contribution in [0.15, 0.2) is 0 Å². The maximum Gasteiger partial charge on any atom is 0.306 e. The molecule has 0 aromatic heterocycles. The lowest BCUT2D eigenvalue weighted by atomic mass is 9.99. The molecule has 3 nitrogen and oxygen atoms in total. The van der Waals surface area contributed by atoms with E-state index in [4.69, 9.17) is 9.84 Å². The van der Waals surface area contributed by atoms with E-state index in [1.165, 1.54) is 0 Å². The number of rotatable bonds is 7. The van der Waals surface area contributed by atoms with Crippen molar-refractivity contribution >= 4 is 18.6 Å². The second-order valence-electron chi connectivity index (χ2n) is 4.78. The maximum atomic E-state index is 10.6. The summed E-state index contributed by atoms with van der Waals surface area (Å²) in [7, 11) is 0. The molecule has 0 amide bonds. The van der Waals surface area contributed by atoms with E-state index < -0.39 is 11.6 Å². The van der Waals surface area contributed by atoms with Gasteiger partial charge in [0.15, 0.2) is 0 Å². The minimum absolute atomic E-state index is 0.0521. The lowest BCUT2D eigenvalue weighted by Crippen LogP contribution is -2.32. The normalized spacial score (nSPS) is 16.1. The molecule has 0 fully saturated rings. The summed E-state index contributed by atoms with van der Waals surface area (Å²) in [4.78, 5) is 10.6. The fourth-order valence-electron chi connectivity index (χ4n) is 1.15. The number of carbonyl (C=O) groups is 1. The Kier molecular flexibility index (Phi) is 5.67. The highest BCUT2D eigenvalue weighted by molar-refractivity contribution is 7.81. The van der Waals surface area contributed by atoms with E-state index in [0.717, 1.165) is 6.42 Å². The Balaban J connectivity index is 4.04. The fraction of sp³-hybridized carbons (Fsp3) is 0.909. The van der Waals surface area contributed by atoms with Gasteiger partial charge in [-0.3, -0.25) is 4.79 Å². The number of aliphatic carboxylic acids is 1. The first-order chi connectivity index (χ1) is 6.68. The zero-order chi connectivity index (χ0) is 12.1. The number of carboxylic acid groups (broad SMARTS) is 1. The van der Waals surface area contributed by atoms with E-state index in [1.807, 2.05) is 27.7 Å². The van der Waals surface area contributed by atoms with Crippen LogP contribution in [0.25, 0.3) is 0 Å². The zero-order valence-corrected chi connectivity index (χ0v) is 10.9. The molecule has 1 N–H and O–H groups in total. The van der Waals surface area contributed by atoms with Crippen LogP contribution >= 0.6 is 12.6 Å². The second kappa shape index (κ2) is 5.75. The second-order valence-corrected chi connectivity index (χ2v) is 6.00. The molecule has 90 valence electrons. The minimum Gasteiger partial charge on any atom is -0.481 e. The maximum absolute atomic E-state index is 10.6. The molecule has 0 aromatic carbocycles. The number of carboxylic acids is 1. The SMILES string of the molecule is CCC(C)(CC(=O)O)OCCC(C)(C)S. The highest BCUT2D eigenvalue weighted by Crippen LogP contribution is 2.23. The van der Waals surface area contributed by atoms with Crippen molar-refractivity contribution in [2.24, 2.45) is 0 Å². The van der Waals surface area contributed by atoms with Crippen LogP contribution in [0, 0.1) is 0 Å². The van der Waals surface area contributed by atoms with E-state index in [0.29, 0.717) is 13.0 Å². The number of hydrogen-bond acceptors (Lipinski definition) is 3. The summed E-state index contributed by atoms with van der Waals surface area (Å²) in [5.74, 6) is -0.815. The first kappa shape index (κ1) is 14.8. The Labute approximate surface area is 97.6 Å². The Morgan fingerprint density at radius 3 is 2.27 bits per heavy atom. The predicted octanol–water partition coefficient (Wildman–Crippen LogP) is 2.74. The molecule has 0 radical (unpaired) electrons. The molecule has 0 aliphatic rings. The van der Waals surface area contributed by atoms with Crippen molar-refractivity contribution in [3.63, 3.8) is 0 Å². The van der Waals surface area contributed by atoms with Crippen LogP contribution in [-0.2, 0) is 9.53 Å². The topological polar surface area (TPSA) is 46.5 Å². The van der Waals surface area contributed by atoms with E-state index in [9.17, 15) is 4.79 Å². The molecule has 1 unspecified atom stereocenters. The van der Waals surface area contributed by atoms with Gasteiger partial charge in [-0.05, 0) is 19.8 Å². The largest absolute Gasteiger partial charge is 0.481 e. The van der Waals surface area contributed by atoms with Gasteiger partial charge in [0.2, 0.25) is 0 Å². The molecule has 0 rings (SSSR count). The van der Waals surface area contributed by atoms with Crippen LogP contribution in [-0.4, -0.2) is 28.0 Å². The first-order valence-electron chi connectivity index (χ1n) is 5.27. The molecule has 4 heteroatoms. The average Bonchev–Trinajstić information content (AvgIpc) is 2.00. The van der Waals surface area contributed by atoms with Crippen molar-refractivity contribution in [1.82, 2.24) is 0 Å². The molecule has 1 atom stereocenters. The van der Waals surface area contributed by atoms with E-state index in [1.54, 1.807) is 0 Å². The molecule has 0 heterocycles. The Bertz CT molecular complexity index is 210. The zero-order valence-electron chi connectivity index (χ0n) is 10.0. The molecular formula is C11H22O3S. The standard InChI is InChI=1S/C11H22O3S/c1-5-11(4,8-9(12)13)14-7-6-10(2,3)15/h15H,5-8H2,1-4H3,(H,12,13). The van der Waals surface area contributed by atoms with Gasteiger partial charge >= 0.3 is 5.97 Å². The lowest BCUT2D eigenvalue weighted by molar-refractivity contribution is -0.145. The van der Waals surface area contributed by atoms with Crippen LogP contribution in [0.4, 0.5) is 0 Å². The highest BCUT2D eigenvalue weighted by atomic mass is 32.1. The Morgan fingerprint density at radius 1 is 1.40 bits per heavy atom. The van der Waals surface area contributed by atoms with Crippen LogP contribution in [0.3, 0.4) is 0 Å². The van der Waals surface area contributed by atoms with Gasteiger partial charge in [-0.15, -0.1) is 0 Å². The monoisotopic (exact) mass is 234 g/mol. The van der Waals surface area contributed by atoms with Gasteiger partial charge < -0.3 is 9.84 Å². The molecule has 0 saturated heterocycles. The summed E-state index contributed by atoms with van der Waals surface area (Å²) >= 11 is 4.39. The quantitative estimate of drug-likeness (QED) is 0.666. The van der Waals surface area contributed by atoms with Crippen LogP contribution in [0.1, 0.15) is 47.0 Å². The number of ether oxygens (including phenoxy) is 1. The molecule has 0 aromatic rings. The third kappa shape index (κ3) is 7.68. The lowest BCUT2D eigenvalue weighted by Gasteiger charge is -2.28. The molecule has 0 aliphatic heterocycles.